The van der Waals surface area contributed by atoms with Crippen molar-refractivity contribution in [1.29, 1.82) is 0 Å². The van der Waals surface area contributed by atoms with Crippen LogP contribution in [-0.2, 0) is 4.74 Å². The van der Waals surface area contributed by atoms with E-state index in [0.29, 0.717) is 11.6 Å². The lowest BCUT2D eigenvalue weighted by molar-refractivity contribution is 0.00634. The molecule has 2 heterocycles. The first-order chi connectivity index (χ1) is 8.46. The second-order valence-electron chi connectivity index (χ2n) is 5.60. The predicted molar refractivity (Wildman–Crippen MR) is 72.1 cm³/mol. The van der Waals surface area contributed by atoms with Crippen molar-refractivity contribution in [3.05, 3.63) is 16.1 Å². The SMILES string of the molecule is CC(C)(C)OC(=O)c1csc(C2CCNCC2)n1. The Bertz CT molecular complexity index is 417. The molecule has 18 heavy (non-hydrogen) atoms. The molecule has 0 bridgehead atoms. The van der Waals surface area contributed by atoms with Crippen molar-refractivity contribution in [3.63, 3.8) is 0 Å². The molecule has 0 amide bonds. The summed E-state index contributed by atoms with van der Waals surface area (Å²) in [6, 6.07) is 0. The van der Waals surface area contributed by atoms with Crippen LogP contribution in [0.15, 0.2) is 5.38 Å². The lowest BCUT2D eigenvalue weighted by Crippen LogP contribution is -2.27. The van der Waals surface area contributed by atoms with Gasteiger partial charge in [0.1, 0.15) is 5.60 Å². The summed E-state index contributed by atoms with van der Waals surface area (Å²) < 4.78 is 5.32. The van der Waals surface area contributed by atoms with Crippen molar-refractivity contribution in [2.24, 2.45) is 0 Å². The molecular formula is C13H20N2O2S. The molecule has 0 unspecified atom stereocenters. The van der Waals surface area contributed by atoms with E-state index in [-0.39, 0.29) is 5.97 Å². The molecule has 0 aliphatic carbocycles. The highest BCUT2D eigenvalue weighted by molar-refractivity contribution is 7.09. The van der Waals surface area contributed by atoms with Gasteiger partial charge < -0.3 is 10.1 Å². The lowest BCUT2D eigenvalue weighted by atomic mass is 9.99. The molecule has 1 N–H and O–H groups in total. The number of aromatic nitrogens is 1. The molecule has 0 aromatic carbocycles. The Morgan fingerprint density at radius 3 is 2.72 bits per heavy atom. The second kappa shape index (κ2) is 5.36. The van der Waals surface area contributed by atoms with Crippen LogP contribution in [0.25, 0.3) is 0 Å². The number of carbonyl (C=O) groups is 1. The van der Waals surface area contributed by atoms with E-state index in [0.717, 1.165) is 30.9 Å². The zero-order chi connectivity index (χ0) is 13.2. The van der Waals surface area contributed by atoms with Gasteiger partial charge in [-0.25, -0.2) is 9.78 Å². The Labute approximate surface area is 112 Å². The summed E-state index contributed by atoms with van der Waals surface area (Å²) >= 11 is 1.57. The standard InChI is InChI=1S/C13H20N2O2S/c1-13(2,3)17-12(16)10-8-18-11(15-10)9-4-6-14-7-5-9/h8-9,14H,4-7H2,1-3H3. The maximum Gasteiger partial charge on any atom is 0.358 e. The topological polar surface area (TPSA) is 51.2 Å². The third-order valence-electron chi connectivity index (χ3n) is 2.82. The molecule has 0 saturated carbocycles. The molecule has 4 nitrogen and oxygen atoms in total. The van der Waals surface area contributed by atoms with Gasteiger partial charge in [-0.3, -0.25) is 0 Å². The van der Waals surface area contributed by atoms with Crippen molar-refractivity contribution >= 4 is 17.3 Å². The van der Waals surface area contributed by atoms with E-state index in [1.807, 2.05) is 26.2 Å². The van der Waals surface area contributed by atoms with E-state index in [1.54, 1.807) is 11.3 Å². The van der Waals surface area contributed by atoms with Gasteiger partial charge in [0.15, 0.2) is 5.69 Å². The van der Waals surface area contributed by atoms with Crippen molar-refractivity contribution in [2.45, 2.75) is 45.1 Å². The first-order valence-electron chi connectivity index (χ1n) is 6.35. The first kappa shape index (κ1) is 13.5. The molecule has 1 aromatic heterocycles. The van der Waals surface area contributed by atoms with Gasteiger partial charge in [0.05, 0.1) is 5.01 Å². The van der Waals surface area contributed by atoms with Crippen LogP contribution >= 0.6 is 11.3 Å². The smallest absolute Gasteiger partial charge is 0.358 e. The molecule has 0 atom stereocenters. The Hall–Kier alpha value is -0.940. The van der Waals surface area contributed by atoms with E-state index >= 15 is 0 Å². The van der Waals surface area contributed by atoms with Gasteiger partial charge in [-0.1, -0.05) is 0 Å². The van der Waals surface area contributed by atoms with Crippen LogP contribution in [0.5, 0.6) is 0 Å². The molecule has 5 heteroatoms. The van der Waals surface area contributed by atoms with Crippen LogP contribution in [0.4, 0.5) is 0 Å². The summed E-state index contributed by atoms with van der Waals surface area (Å²) in [5.74, 6) is 0.173. The van der Waals surface area contributed by atoms with Gasteiger partial charge in [0.25, 0.3) is 0 Å². The highest BCUT2D eigenvalue weighted by Gasteiger charge is 2.23. The molecule has 0 spiro atoms. The normalized spacial score (nSPS) is 17.7. The Balaban J connectivity index is 2.03. The monoisotopic (exact) mass is 268 g/mol. The minimum Gasteiger partial charge on any atom is -0.455 e. The second-order valence-corrected chi connectivity index (χ2v) is 6.49. The summed E-state index contributed by atoms with van der Waals surface area (Å²) in [6.45, 7) is 7.67. The fourth-order valence-corrected chi connectivity index (χ4v) is 2.93. The molecule has 1 fully saturated rings. The summed E-state index contributed by atoms with van der Waals surface area (Å²) in [4.78, 5) is 16.3. The van der Waals surface area contributed by atoms with Crippen molar-refractivity contribution in [2.75, 3.05) is 13.1 Å². The number of nitrogens with one attached hydrogen (secondary N) is 1. The maximum atomic E-state index is 11.9. The zero-order valence-electron chi connectivity index (χ0n) is 11.2. The van der Waals surface area contributed by atoms with Crippen LogP contribution < -0.4 is 5.32 Å². The summed E-state index contributed by atoms with van der Waals surface area (Å²) in [5, 5.41) is 6.21. The van der Waals surface area contributed by atoms with Gasteiger partial charge in [0, 0.05) is 11.3 Å². The van der Waals surface area contributed by atoms with E-state index < -0.39 is 5.60 Å². The molecule has 1 aliphatic rings. The molecular weight excluding hydrogens is 248 g/mol. The van der Waals surface area contributed by atoms with Gasteiger partial charge >= 0.3 is 5.97 Å². The van der Waals surface area contributed by atoms with E-state index in [4.69, 9.17) is 4.74 Å². The highest BCUT2D eigenvalue weighted by Crippen LogP contribution is 2.28. The average Bonchev–Trinajstić information content (AvgIpc) is 2.77. The predicted octanol–water partition coefficient (Wildman–Crippen LogP) is 2.57. The van der Waals surface area contributed by atoms with Crippen LogP contribution in [0.3, 0.4) is 0 Å². The third-order valence-corrected chi connectivity index (χ3v) is 3.83. The van der Waals surface area contributed by atoms with Gasteiger partial charge in [-0.05, 0) is 46.7 Å². The van der Waals surface area contributed by atoms with Crippen LogP contribution in [0.1, 0.15) is 55.0 Å². The van der Waals surface area contributed by atoms with Gasteiger partial charge in [-0.2, -0.15) is 0 Å². The Morgan fingerprint density at radius 2 is 2.11 bits per heavy atom. The minimum atomic E-state index is -0.463. The Morgan fingerprint density at radius 1 is 1.44 bits per heavy atom. The number of hydrogen-bond acceptors (Lipinski definition) is 5. The number of hydrogen-bond donors (Lipinski definition) is 1. The number of rotatable bonds is 2. The number of esters is 1. The van der Waals surface area contributed by atoms with Crippen LogP contribution in [0, 0.1) is 0 Å². The van der Waals surface area contributed by atoms with Crippen LogP contribution in [0.2, 0.25) is 0 Å². The molecule has 2 rings (SSSR count). The largest absolute Gasteiger partial charge is 0.455 e. The first-order valence-corrected chi connectivity index (χ1v) is 7.23. The molecule has 100 valence electrons. The number of nitrogens with zero attached hydrogens (tertiary/aromatic N) is 1. The van der Waals surface area contributed by atoms with Gasteiger partial charge in [-0.15, -0.1) is 11.3 Å². The number of carbonyl (C=O) groups excluding carboxylic acids is 1. The molecule has 1 aliphatic heterocycles. The average molecular weight is 268 g/mol. The van der Waals surface area contributed by atoms with Crippen molar-refractivity contribution in [1.82, 2.24) is 10.3 Å². The van der Waals surface area contributed by atoms with E-state index in [1.165, 1.54) is 0 Å². The summed E-state index contributed by atoms with van der Waals surface area (Å²) in [6.07, 6.45) is 2.20. The minimum absolute atomic E-state index is 0.320. The third kappa shape index (κ3) is 3.53. The lowest BCUT2D eigenvalue weighted by Gasteiger charge is -2.20. The summed E-state index contributed by atoms with van der Waals surface area (Å²) in [7, 11) is 0. The highest BCUT2D eigenvalue weighted by atomic mass is 32.1. The van der Waals surface area contributed by atoms with Crippen molar-refractivity contribution < 1.29 is 9.53 Å². The number of ether oxygens (including phenoxy) is 1. The Kier molecular flexibility index (Phi) is 4.02. The molecule has 0 radical (unpaired) electrons. The summed E-state index contributed by atoms with van der Waals surface area (Å²) in [5.41, 5.74) is -0.0150. The molecule has 1 saturated heterocycles. The quantitative estimate of drug-likeness (QED) is 0.838. The number of piperidine rings is 1. The zero-order valence-corrected chi connectivity index (χ0v) is 12.0. The van der Waals surface area contributed by atoms with Crippen LogP contribution in [-0.4, -0.2) is 29.6 Å². The van der Waals surface area contributed by atoms with E-state index in [2.05, 4.69) is 10.3 Å². The fourth-order valence-electron chi connectivity index (χ4n) is 1.97. The molecule has 1 aromatic rings. The van der Waals surface area contributed by atoms with E-state index in [9.17, 15) is 4.79 Å². The fraction of sp³-hybridized carbons (Fsp3) is 0.692. The number of thiazole rings is 1. The maximum absolute atomic E-state index is 11.9. The van der Waals surface area contributed by atoms with Crippen molar-refractivity contribution in [3.8, 4) is 0 Å². The van der Waals surface area contributed by atoms with Gasteiger partial charge in [0.2, 0.25) is 0 Å².